The Kier molecular flexibility index (Phi) is 6.33. The first-order chi connectivity index (χ1) is 13.0. The van der Waals surface area contributed by atoms with Gasteiger partial charge in [0.05, 0.1) is 5.57 Å². The van der Waals surface area contributed by atoms with Crippen LogP contribution in [0, 0.1) is 17.0 Å². The van der Waals surface area contributed by atoms with E-state index in [0.717, 1.165) is 6.08 Å². The minimum Gasteiger partial charge on any atom is -0.475 e. The maximum absolute atomic E-state index is 13.3. The molecule has 0 saturated carbocycles. The number of alkyl halides is 3. The first-order valence-corrected chi connectivity index (χ1v) is 7.72. The van der Waals surface area contributed by atoms with Gasteiger partial charge < -0.3 is 19.0 Å². The summed E-state index contributed by atoms with van der Waals surface area (Å²) in [5.41, 5.74) is -0.423. The monoisotopic (exact) mass is 425 g/mol. The lowest BCUT2D eigenvalue weighted by atomic mass is 9.99. The zero-order valence-electron chi connectivity index (χ0n) is 13.9. The third-order valence-electron chi connectivity index (χ3n) is 3.33. The Morgan fingerprint density at radius 1 is 1.32 bits per heavy atom. The fourth-order valence-corrected chi connectivity index (χ4v) is 2.52. The summed E-state index contributed by atoms with van der Waals surface area (Å²) in [5.74, 6) is -2.82. The molecule has 2 rings (SSSR count). The number of hydrogen-bond donors (Lipinski definition) is 0. The summed E-state index contributed by atoms with van der Waals surface area (Å²) in [4.78, 5) is 36.8. The van der Waals surface area contributed by atoms with Gasteiger partial charge in [-0.2, -0.15) is 13.2 Å². The van der Waals surface area contributed by atoms with Gasteiger partial charge in [0.15, 0.2) is 6.61 Å². The van der Waals surface area contributed by atoms with Crippen LogP contribution in [-0.2, 0) is 23.9 Å². The number of carbonyl (C=O) groups excluding carboxylic acids is 2. The van der Waals surface area contributed by atoms with Crippen LogP contribution in [0.5, 0.6) is 5.75 Å². The minimum absolute atomic E-state index is 0.0911. The second kappa shape index (κ2) is 8.33. The van der Waals surface area contributed by atoms with Gasteiger partial charge in [0.1, 0.15) is 5.75 Å². The Morgan fingerprint density at radius 2 is 2.00 bits per heavy atom. The molecular formula is C15H11ClF3NO8. The Balaban J connectivity index is 2.15. The SMILES string of the molecule is Cc1cc(Cl)cc2c1OC(C(F)(F)F)C(C(=O)OCOC(=O)CO[N+](=O)[O-])=C2. The smallest absolute Gasteiger partial charge is 0.430 e. The molecule has 1 aliphatic heterocycles. The van der Waals surface area contributed by atoms with Gasteiger partial charge in [-0.3, -0.25) is 0 Å². The molecule has 0 saturated heterocycles. The van der Waals surface area contributed by atoms with Crippen molar-refractivity contribution >= 4 is 29.6 Å². The normalized spacial score (nSPS) is 15.6. The van der Waals surface area contributed by atoms with Crippen molar-refractivity contribution in [1.29, 1.82) is 0 Å². The van der Waals surface area contributed by atoms with E-state index in [1.165, 1.54) is 19.1 Å². The number of fused-ring (bicyclic) bond motifs is 1. The van der Waals surface area contributed by atoms with Gasteiger partial charge in [-0.1, -0.05) is 11.6 Å². The van der Waals surface area contributed by atoms with E-state index in [-0.39, 0.29) is 16.3 Å². The minimum atomic E-state index is -4.94. The molecule has 1 unspecified atom stereocenters. The highest BCUT2D eigenvalue weighted by molar-refractivity contribution is 6.30. The van der Waals surface area contributed by atoms with Crippen LogP contribution in [0.4, 0.5) is 13.2 Å². The molecule has 1 aromatic carbocycles. The van der Waals surface area contributed by atoms with Crippen LogP contribution in [-0.4, -0.2) is 42.7 Å². The number of ether oxygens (including phenoxy) is 3. The number of benzene rings is 1. The highest BCUT2D eigenvalue weighted by atomic mass is 35.5. The standard InChI is InChI=1S/C15H11ClF3NO8/c1-7-2-9(16)3-8-4-10(13(15(17,18)19)28-12(7)8)14(22)26-6-25-11(21)5-27-20(23)24/h2-4,13H,5-6H2,1H3. The van der Waals surface area contributed by atoms with Crippen LogP contribution in [0.2, 0.25) is 5.02 Å². The summed E-state index contributed by atoms with van der Waals surface area (Å²) in [7, 11) is 0. The average Bonchev–Trinajstić information content (AvgIpc) is 2.57. The van der Waals surface area contributed by atoms with Crippen LogP contribution < -0.4 is 4.74 Å². The molecule has 0 aliphatic carbocycles. The van der Waals surface area contributed by atoms with Gasteiger partial charge >= 0.3 is 18.1 Å². The van der Waals surface area contributed by atoms with Crippen LogP contribution in [0.15, 0.2) is 17.7 Å². The third kappa shape index (κ3) is 5.25. The molecule has 0 aromatic heterocycles. The maximum Gasteiger partial charge on any atom is 0.430 e. The highest BCUT2D eigenvalue weighted by Crippen LogP contribution is 2.40. The summed E-state index contributed by atoms with van der Waals surface area (Å²) in [6.45, 7) is -0.670. The predicted octanol–water partition coefficient (Wildman–Crippen LogP) is 2.61. The van der Waals surface area contributed by atoms with E-state index in [2.05, 4.69) is 14.3 Å². The zero-order chi connectivity index (χ0) is 21.1. The fraction of sp³-hybridized carbons (Fsp3) is 0.333. The molecule has 1 aromatic rings. The molecule has 9 nitrogen and oxygen atoms in total. The summed E-state index contributed by atoms with van der Waals surface area (Å²) in [5, 5.41) is 8.89. The van der Waals surface area contributed by atoms with E-state index >= 15 is 0 Å². The quantitative estimate of drug-likeness (QED) is 0.296. The van der Waals surface area contributed by atoms with E-state index in [0.29, 0.717) is 5.56 Å². The van der Waals surface area contributed by atoms with Crippen LogP contribution in [0.1, 0.15) is 11.1 Å². The molecule has 0 fully saturated rings. The van der Waals surface area contributed by atoms with Crippen molar-refractivity contribution in [1.82, 2.24) is 0 Å². The Morgan fingerprint density at radius 3 is 2.61 bits per heavy atom. The molecule has 0 N–H and O–H groups in total. The molecule has 0 radical (unpaired) electrons. The second-order valence-electron chi connectivity index (χ2n) is 5.34. The summed E-state index contributed by atoms with van der Waals surface area (Å²) < 4.78 is 53.7. The maximum atomic E-state index is 13.3. The first-order valence-electron chi connectivity index (χ1n) is 7.34. The Hall–Kier alpha value is -3.02. The number of hydrogen-bond acceptors (Lipinski definition) is 8. The van der Waals surface area contributed by atoms with Crippen molar-refractivity contribution in [3.63, 3.8) is 0 Å². The summed E-state index contributed by atoms with van der Waals surface area (Å²) in [6.07, 6.45) is -6.64. The number of rotatable bonds is 6. The van der Waals surface area contributed by atoms with Gasteiger partial charge in [0, 0.05) is 10.6 Å². The Bertz CT molecular complexity index is 839. The van der Waals surface area contributed by atoms with E-state index in [4.69, 9.17) is 16.3 Å². The van der Waals surface area contributed by atoms with Gasteiger partial charge in [0.2, 0.25) is 12.9 Å². The number of halogens is 4. The van der Waals surface area contributed by atoms with Crippen LogP contribution >= 0.6 is 11.6 Å². The lowest BCUT2D eigenvalue weighted by molar-refractivity contribution is -0.754. The third-order valence-corrected chi connectivity index (χ3v) is 3.55. The van der Waals surface area contributed by atoms with Crippen molar-refractivity contribution in [2.45, 2.75) is 19.2 Å². The van der Waals surface area contributed by atoms with Crippen molar-refractivity contribution < 1.29 is 46.9 Å². The molecule has 0 bridgehead atoms. The number of nitrogens with zero attached hydrogens (tertiary/aromatic N) is 1. The molecular weight excluding hydrogens is 415 g/mol. The lowest BCUT2D eigenvalue weighted by Gasteiger charge is -2.28. The van der Waals surface area contributed by atoms with Gasteiger partial charge in [-0.05, 0) is 30.7 Å². The van der Waals surface area contributed by atoms with Crippen molar-refractivity contribution in [3.8, 4) is 5.75 Å². The molecule has 1 heterocycles. The van der Waals surface area contributed by atoms with Crippen molar-refractivity contribution in [2.75, 3.05) is 13.4 Å². The Labute approximate surface area is 159 Å². The van der Waals surface area contributed by atoms with Crippen LogP contribution in [0.3, 0.4) is 0 Å². The molecule has 13 heteroatoms. The second-order valence-corrected chi connectivity index (χ2v) is 5.78. The number of esters is 2. The molecule has 0 spiro atoms. The molecule has 28 heavy (non-hydrogen) atoms. The molecule has 1 aliphatic rings. The summed E-state index contributed by atoms with van der Waals surface area (Å²) >= 11 is 5.87. The predicted molar refractivity (Wildman–Crippen MR) is 84.6 cm³/mol. The highest BCUT2D eigenvalue weighted by Gasteiger charge is 2.49. The zero-order valence-corrected chi connectivity index (χ0v) is 14.7. The molecule has 152 valence electrons. The fourth-order valence-electron chi connectivity index (χ4n) is 2.24. The van der Waals surface area contributed by atoms with Gasteiger partial charge in [0.25, 0.3) is 5.09 Å². The molecule has 1 atom stereocenters. The average molecular weight is 426 g/mol. The van der Waals surface area contributed by atoms with E-state index in [1.54, 1.807) is 0 Å². The van der Waals surface area contributed by atoms with Crippen LogP contribution in [0.25, 0.3) is 6.08 Å². The van der Waals surface area contributed by atoms with Gasteiger partial charge in [-0.25, -0.2) is 9.59 Å². The lowest BCUT2D eigenvalue weighted by Crippen LogP contribution is -2.41. The first kappa shape index (κ1) is 21.3. The number of carbonyl (C=O) groups is 2. The van der Waals surface area contributed by atoms with Crippen molar-refractivity contribution in [3.05, 3.63) is 44.0 Å². The van der Waals surface area contributed by atoms with E-state index < -0.39 is 48.3 Å². The van der Waals surface area contributed by atoms with E-state index in [1.807, 2.05) is 0 Å². The van der Waals surface area contributed by atoms with E-state index in [9.17, 15) is 32.9 Å². The largest absolute Gasteiger partial charge is 0.475 e. The number of aryl methyl sites for hydroxylation is 1. The van der Waals surface area contributed by atoms with Crippen molar-refractivity contribution in [2.24, 2.45) is 0 Å². The topological polar surface area (TPSA) is 114 Å². The molecule has 0 amide bonds. The van der Waals surface area contributed by atoms with Gasteiger partial charge in [-0.15, -0.1) is 10.1 Å². The summed E-state index contributed by atoms with van der Waals surface area (Å²) in [6, 6.07) is 2.70.